The molecule has 0 atom stereocenters. The highest BCUT2D eigenvalue weighted by molar-refractivity contribution is 9.18. The Morgan fingerprint density at radius 1 is 1.47 bits per heavy atom. The van der Waals surface area contributed by atoms with Crippen molar-refractivity contribution in [2.45, 2.75) is 4.90 Å². The summed E-state index contributed by atoms with van der Waals surface area (Å²) in [6, 6.07) is 1.60. The molecule has 0 amide bonds. The number of hydrogen-bond acceptors (Lipinski definition) is 4. The maximum atomic E-state index is 12.9. The van der Waals surface area contributed by atoms with Crippen LogP contribution in [0.3, 0.4) is 0 Å². The van der Waals surface area contributed by atoms with Gasteiger partial charge in [0.25, 0.3) is 10.0 Å². The van der Waals surface area contributed by atoms with Crippen molar-refractivity contribution < 1.29 is 17.9 Å². The van der Waals surface area contributed by atoms with Crippen molar-refractivity contribution >= 4 is 36.4 Å². The second-order valence-electron chi connectivity index (χ2n) is 2.78. The molecule has 1 aliphatic heterocycles. The number of fused-ring (bicyclic) bond motifs is 1. The van der Waals surface area contributed by atoms with Gasteiger partial charge >= 0.3 is 0 Å². The number of nitrogens with one attached hydrogen (secondary N) is 1. The summed E-state index contributed by atoms with van der Waals surface area (Å²) < 4.78 is 39.0. The van der Waals surface area contributed by atoms with Crippen LogP contribution >= 0.6 is 15.9 Å². The van der Waals surface area contributed by atoms with Gasteiger partial charge in [-0.3, -0.25) is 0 Å². The van der Waals surface area contributed by atoms with Crippen molar-refractivity contribution in [2.75, 3.05) is 5.32 Å². The molecule has 0 fully saturated rings. The first-order chi connectivity index (χ1) is 6.90. The first-order valence-electron chi connectivity index (χ1n) is 3.70. The average molecular weight is 295 g/mol. The Kier molecular flexibility index (Phi) is 2.19. The van der Waals surface area contributed by atoms with Crippen LogP contribution in [0.5, 0.6) is 5.75 Å². The van der Waals surface area contributed by atoms with E-state index in [0.29, 0.717) is 0 Å². The molecule has 8 heteroatoms. The van der Waals surface area contributed by atoms with E-state index in [4.69, 9.17) is 0 Å². The zero-order valence-corrected chi connectivity index (χ0v) is 9.43. The molecule has 1 heterocycles. The van der Waals surface area contributed by atoms with Crippen molar-refractivity contribution in [1.29, 1.82) is 0 Å². The Balaban J connectivity index is 2.80. The summed E-state index contributed by atoms with van der Waals surface area (Å²) in [6.07, 6.45) is 0. The molecule has 1 aromatic carbocycles. The lowest BCUT2D eigenvalue weighted by molar-refractivity contribution is 0.469. The molecule has 0 saturated heterocycles. The predicted molar refractivity (Wildman–Crippen MR) is 55.2 cm³/mol. The lowest BCUT2D eigenvalue weighted by Gasteiger charge is -2.15. The van der Waals surface area contributed by atoms with E-state index in [-0.39, 0.29) is 15.3 Å². The highest BCUT2D eigenvalue weighted by Gasteiger charge is 2.27. The summed E-state index contributed by atoms with van der Waals surface area (Å²) in [6.45, 7) is 0. The number of halogens is 2. The molecule has 0 saturated carbocycles. The highest BCUT2D eigenvalue weighted by Crippen LogP contribution is 2.36. The van der Waals surface area contributed by atoms with Crippen molar-refractivity contribution in [3.8, 4) is 5.75 Å². The molecule has 15 heavy (non-hydrogen) atoms. The number of hydrogen-bond donors (Lipinski definition) is 2. The average Bonchev–Trinajstić information content (AvgIpc) is 2.06. The number of nitrogens with zero attached hydrogens (tertiary/aromatic N) is 1. The number of rotatable bonds is 0. The number of sulfonamides is 1. The monoisotopic (exact) mass is 294 g/mol. The fraction of sp³-hybridized carbons (Fsp3) is 0. The summed E-state index contributed by atoms with van der Waals surface area (Å²) >= 11 is 2.84. The van der Waals surface area contributed by atoms with Gasteiger partial charge in [-0.1, -0.05) is 0 Å². The van der Waals surface area contributed by atoms with Crippen LogP contribution in [0.15, 0.2) is 21.4 Å². The van der Waals surface area contributed by atoms with Gasteiger partial charge in [-0.25, -0.2) is 4.39 Å². The predicted octanol–water partition coefficient (Wildman–Crippen LogP) is 1.40. The number of amidine groups is 1. The van der Waals surface area contributed by atoms with Gasteiger partial charge < -0.3 is 10.4 Å². The normalized spacial score (nSPS) is 17.6. The van der Waals surface area contributed by atoms with Gasteiger partial charge in [0, 0.05) is 6.07 Å². The molecular formula is C7H4BrFN2O3S. The Morgan fingerprint density at radius 2 is 2.13 bits per heavy atom. The molecule has 0 radical (unpaired) electrons. The number of phenols is 1. The standard InChI is InChI=1S/C7H4BrFN2O3S/c8-7-10-6-4(12)1-3(9)2-5(6)15(13,14)11-7/h1-2,12H,(H,10,11). The van der Waals surface area contributed by atoms with E-state index in [2.05, 4.69) is 25.6 Å². The molecular weight excluding hydrogens is 291 g/mol. The third-order valence-electron chi connectivity index (χ3n) is 1.75. The van der Waals surface area contributed by atoms with Gasteiger partial charge in [-0.15, -0.1) is 4.40 Å². The minimum atomic E-state index is -3.96. The maximum absolute atomic E-state index is 12.9. The summed E-state index contributed by atoms with van der Waals surface area (Å²) in [5, 5.41) is 11.8. The molecule has 80 valence electrons. The third-order valence-corrected chi connectivity index (χ3v) is 3.66. The number of phenolic OH excluding ortho intramolecular Hbond substituents is 1. The van der Waals surface area contributed by atoms with Crippen LogP contribution < -0.4 is 5.32 Å². The van der Waals surface area contributed by atoms with E-state index in [1.807, 2.05) is 0 Å². The zero-order valence-electron chi connectivity index (χ0n) is 7.03. The van der Waals surface area contributed by atoms with Crippen molar-refractivity contribution in [3.63, 3.8) is 0 Å². The van der Waals surface area contributed by atoms with Crippen LogP contribution in [0.25, 0.3) is 0 Å². The van der Waals surface area contributed by atoms with Gasteiger partial charge in [0.05, 0.1) is 0 Å². The molecule has 0 unspecified atom stereocenters. The summed E-state index contributed by atoms with van der Waals surface area (Å²) in [7, 11) is -3.96. The minimum absolute atomic E-state index is 0.0584. The smallest absolute Gasteiger partial charge is 0.287 e. The third kappa shape index (κ3) is 1.70. The van der Waals surface area contributed by atoms with E-state index < -0.39 is 21.6 Å². The molecule has 1 aliphatic rings. The number of anilines is 1. The largest absolute Gasteiger partial charge is 0.506 e. The fourth-order valence-electron chi connectivity index (χ4n) is 1.18. The molecule has 0 aromatic heterocycles. The Hall–Kier alpha value is -1.15. The molecule has 0 spiro atoms. The SMILES string of the molecule is O=S1(=O)N=C(Br)Nc2c(O)cc(F)cc21. The maximum Gasteiger partial charge on any atom is 0.287 e. The fourth-order valence-corrected chi connectivity index (χ4v) is 2.98. The first-order valence-corrected chi connectivity index (χ1v) is 5.93. The van der Waals surface area contributed by atoms with Crippen molar-refractivity contribution in [1.82, 2.24) is 0 Å². The second kappa shape index (κ2) is 3.17. The zero-order chi connectivity index (χ0) is 11.2. The quantitative estimate of drug-likeness (QED) is 0.560. The van der Waals surface area contributed by atoms with Crippen LogP contribution in [0.2, 0.25) is 0 Å². The van der Waals surface area contributed by atoms with Crippen LogP contribution in [0.4, 0.5) is 10.1 Å². The molecule has 0 aliphatic carbocycles. The molecule has 2 N–H and O–H groups in total. The Labute approximate surface area is 92.8 Å². The van der Waals surface area contributed by atoms with Crippen molar-refractivity contribution in [3.05, 3.63) is 17.9 Å². The Bertz CT molecular complexity index is 570. The second-order valence-corrected chi connectivity index (χ2v) is 5.10. The lowest BCUT2D eigenvalue weighted by atomic mass is 10.3. The van der Waals surface area contributed by atoms with E-state index in [9.17, 15) is 17.9 Å². The van der Waals surface area contributed by atoms with Crippen molar-refractivity contribution in [2.24, 2.45) is 4.40 Å². The molecule has 5 nitrogen and oxygen atoms in total. The summed E-state index contributed by atoms with van der Waals surface area (Å²) in [4.78, 5) is -0.386. The van der Waals surface area contributed by atoms with E-state index in [1.165, 1.54) is 0 Å². The minimum Gasteiger partial charge on any atom is -0.506 e. The van der Waals surface area contributed by atoms with Crippen LogP contribution in [0.1, 0.15) is 0 Å². The number of benzene rings is 1. The van der Waals surface area contributed by atoms with Gasteiger partial charge in [0.15, 0.2) is 4.74 Å². The summed E-state index contributed by atoms with van der Waals surface area (Å²) in [5.74, 6) is -1.33. The molecule has 2 rings (SSSR count). The van der Waals surface area contributed by atoms with Gasteiger partial charge in [0.1, 0.15) is 22.1 Å². The van der Waals surface area contributed by atoms with Crippen LogP contribution in [-0.2, 0) is 10.0 Å². The van der Waals surface area contributed by atoms with Crippen LogP contribution in [0, 0.1) is 5.82 Å². The van der Waals surface area contributed by atoms with E-state index >= 15 is 0 Å². The van der Waals surface area contributed by atoms with E-state index in [0.717, 1.165) is 12.1 Å². The molecule has 0 bridgehead atoms. The lowest BCUT2D eigenvalue weighted by Crippen LogP contribution is -2.16. The van der Waals surface area contributed by atoms with Gasteiger partial charge in [-0.05, 0) is 22.0 Å². The highest BCUT2D eigenvalue weighted by atomic mass is 79.9. The van der Waals surface area contributed by atoms with Gasteiger partial charge in [0.2, 0.25) is 0 Å². The topological polar surface area (TPSA) is 78.8 Å². The molecule has 1 aromatic rings. The number of aromatic hydroxyl groups is 1. The first kappa shape index (κ1) is 10.4. The van der Waals surface area contributed by atoms with Crippen LogP contribution in [-0.4, -0.2) is 18.3 Å². The summed E-state index contributed by atoms with van der Waals surface area (Å²) in [5.41, 5.74) is -0.0849. The van der Waals surface area contributed by atoms with Gasteiger partial charge in [-0.2, -0.15) is 8.42 Å². The van der Waals surface area contributed by atoms with E-state index in [1.54, 1.807) is 0 Å². The Morgan fingerprint density at radius 3 is 2.80 bits per heavy atom.